The number of H-pyrrole nitrogens is 1. The van der Waals surface area contributed by atoms with E-state index in [1.165, 1.54) is 7.11 Å². The molecule has 4 heteroatoms. The van der Waals surface area contributed by atoms with E-state index in [1.807, 2.05) is 6.92 Å². The maximum Gasteiger partial charge on any atom is 0.313 e. The van der Waals surface area contributed by atoms with Gasteiger partial charge >= 0.3 is 5.97 Å². The highest BCUT2D eigenvalue weighted by atomic mass is 16.5. The molecule has 1 rings (SSSR count). The molecule has 0 radical (unpaired) electrons. The maximum absolute atomic E-state index is 11.3. The van der Waals surface area contributed by atoms with Crippen LogP contribution >= 0.6 is 0 Å². The number of ether oxygens (including phenoxy) is 1. The number of carbonyl (C=O) groups is 2. The molecule has 1 aromatic rings. The van der Waals surface area contributed by atoms with E-state index in [4.69, 9.17) is 0 Å². The molecule has 0 bridgehead atoms. The molecule has 1 aromatic heterocycles. The largest absolute Gasteiger partial charge is 0.469 e. The molecule has 70 valence electrons. The number of nitrogens with one attached hydrogen (secondary N) is 1. The number of aromatic nitrogens is 1. The topological polar surface area (TPSA) is 59.2 Å². The van der Waals surface area contributed by atoms with E-state index in [0.29, 0.717) is 5.69 Å². The maximum atomic E-state index is 11.3. The van der Waals surface area contributed by atoms with Gasteiger partial charge in [-0.25, -0.2) is 0 Å². The number of aromatic amines is 1. The van der Waals surface area contributed by atoms with Gasteiger partial charge in [-0.3, -0.25) is 9.59 Å². The predicted molar refractivity (Wildman–Crippen MR) is 46.5 cm³/mol. The first-order valence-corrected chi connectivity index (χ1v) is 3.89. The smallest absolute Gasteiger partial charge is 0.313 e. The summed E-state index contributed by atoms with van der Waals surface area (Å²) in [5.74, 6) is -0.766. The molecule has 1 heterocycles. The van der Waals surface area contributed by atoms with Crippen LogP contribution in [0.25, 0.3) is 0 Å². The van der Waals surface area contributed by atoms with Crippen LogP contribution in [-0.4, -0.2) is 23.8 Å². The molecule has 0 amide bonds. The van der Waals surface area contributed by atoms with Crippen LogP contribution in [0.1, 0.15) is 22.6 Å². The second-order valence-electron chi connectivity index (χ2n) is 2.73. The van der Waals surface area contributed by atoms with Gasteiger partial charge < -0.3 is 9.72 Å². The summed E-state index contributed by atoms with van der Waals surface area (Å²) in [6.45, 7) is 1.84. The SMILES string of the molecule is COC(=O)CC(=O)c1ccc(C)[nH]1. The molecule has 0 aliphatic rings. The van der Waals surface area contributed by atoms with Gasteiger partial charge in [-0.15, -0.1) is 0 Å². The van der Waals surface area contributed by atoms with Gasteiger partial charge in [0.2, 0.25) is 0 Å². The van der Waals surface area contributed by atoms with E-state index < -0.39 is 5.97 Å². The summed E-state index contributed by atoms with van der Waals surface area (Å²) in [6.07, 6.45) is -0.212. The number of rotatable bonds is 3. The van der Waals surface area contributed by atoms with Gasteiger partial charge in [-0.05, 0) is 19.1 Å². The highest BCUT2D eigenvalue weighted by Crippen LogP contribution is 2.04. The Kier molecular flexibility index (Phi) is 2.84. The van der Waals surface area contributed by atoms with Crippen molar-refractivity contribution in [3.8, 4) is 0 Å². The van der Waals surface area contributed by atoms with Crippen molar-refractivity contribution in [3.05, 3.63) is 23.5 Å². The molecule has 0 aliphatic carbocycles. The second kappa shape index (κ2) is 3.89. The Labute approximate surface area is 75.9 Å². The van der Waals surface area contributed by atoms with Crippen molar-refractivity contribution in [3.63, 3.8) is 0 Å². The lowest BCUT2D eigenvalue weighted by Crippen LogP contribution is -2.09. The first-order chi connectivity index (χ1) is 6.13. The number of ketones is 1. The highest BCUT2D eigenvalue weighted by molar-refractivity contribution is 6.04. The number of hydrogen-bond acceptors (Lipinski definition) is 3. The zero-order valence-corrected chi connectivity index (χ0v) is 7.59. The third kappa shape index (κ3) is 2.43. The number of hydrogen-bond donors (Lipinski definition) is 1. The first kappa shape index (κ1) is 9.51. The summed E-state index contributed by atoms with van der Waals surface area (Å²) in [7, 11) is 1.26. The Morgan fingerprint density at radius 1 is 1.46 bits per heavy atom. The lowest BCUT2D eigenvalue weighted by atomic mass is 10.2. The Hall–Kier alpha value is -1.58. The van der Waals surface area contributed by atoms with Gasteiger partial charge in [0.1, 0.15) is 6.42 Å². The van der Waals surface area contributed by atoms with Gasteiger partial charge in [-0.1, -0.05) is 0 Å². The van der Waals surface area contributed by atoms with E-state index in [0.717, 1.165) is 5.69 Å². The minimum absolute atomic E-state index is 0.212. The Bertz CT molecular complexity index is 327. The van der Waals surface area contributed by atoms with Crippen molar-refractivity contribution in [2.75, 3.05) is 7.11 Å². The van der Waals surface area contributed by atoms with Crippen molar-refractivity contribution in [2.24, 2.45) is 0 Å². The third-order valence-electron chi connectivity index (χ3n) is 1.66. The number of methoxy groups -OCH3 is 1. The van der Waals surface area contributed by atoms with Crippen molar-refractivity contribution in [2.45, 2.75) is 13.3 Å². The Morgan fingerprint density at radius 3 is 2.62 bits per heavy atom. The molecular formula is C9H11NO3. The molecule has 4 nitrogen and oxygen atoms in total. The lowest BCUT2D eigenvalue weighted by molar-refractivity contribution is -0.139. The first-order valence-electron chi connectivity index (χ1n) is 3.89. The van der Waals surface area contributed by atoms with Gasteiger partial charge in [0.25, 0.3) is 0 Å². The van der Waals surface area contributed by atoms with E-state index >= 15 is 0 Å². The third-order valence-corrected chi connectivity index (χ3v) is 1.66. The molecule has 0 aliphatic heterocycles. The van der Waals surface area contributed by atoms with Crippen LogP contribution in [-0.2, 0) is 9.53 Å². The van der Waals surface area contributed by atoms with Crippen molar-refractivity contribution in [1.82, 2.24) is 4.98 Å². The Morgan fingerprint density at radius 2 is 2.15 bits per heavy atom. The van der Waals surface area contributed by atoms with Crippen LogP contribution in [0.4, 0.5) is 0 Å². The van der Waals surface area contributed by atoms with Gasteiger partial charge in [0.05, 0.1) is 12.8 Å². The minimum Gasteiger partial charge on any atom is -0.469 e. The van der Waals surface area contributed by atoms with Gasteiger partial charge in [0, 0.05) is 5.69 Å². The highest BCUT2D eigenvalue weighted by Gasteiger charge is 2.12. The summed E-state index contributed by atoms with van der Waals surface area (Å²) in [6, 6.07) is 3.44. The molecule has 0 aromatic carbocycles. The Balaban J connectivity index is 2.64. The molecule has 0 atom stereocenters. The molecule has 0 spiro atoms. The van der Waals surface area contributed by atoms with E-state index in [1.54, 1.807) is 12.1 Å². The average molecular weight is 181 g/mol. The molecule has 0 saturated carbocycles. The minimum atomic E-state index is -0.516. The molecular weight excluding hydrogens is 170 g/mol. The average Bonchev–Trinajstić information content (AvgIpc) is 2.51. The van der Waals surface area contributed by atoms with Crippen LogP contribution in [0.2, 0.25) is 0 Å². The summed E-state index contributed by atoms with van der Waals surface area (Å²) < 4.78 is 4.38. The fourth-order valence-corrected chi connectivity index (χ4v) is 0.965. The number of carbonyl (C=O) groups excluding carboxylic acids is 2. The van der Waals surface area contributed by atoms with E-state index in [-0.39, 0.29) is 12.2 Å². The zero-order chi connectivity index (χ0) is 9.84. The van der Waals surface area contributed by atoms with Crippen LogP contribution in [0.5, 0.6) is 0 Å². The van der Waals surface area contributed by atoms with Crippen LogP contribution in [0, 0.1) is 6.92 Å². The summed E-state index contributed by atoms with van der Waals surface area (Å²) in [5, 5.41) is 0. The second-order valence-corrected chi connectivity index (χ2v) is 2.73. The number of Topliss-reactive ketones (excluding diaryl/α,β-unsaturated/α-hetero) is 1. The van der Waals surface area contributed by atoms with Crippen LogP contribution < -0.4 is 0 Å². The van der Waals surface area contributed by atoms with Crippen molar-refractivity contribution in [1.29, 1.82) is 0 Å². The molecule has 0 fully saturated rings. The van der Waals surface area contributed by atoms with Gasteiger partial charge in [0.15, 0.2) is 5.78 Å². The normalized spacial score (nSPS) is 9.69. The van der Waals surface area contributed by atoms with Gasteiger partial charge in [-0.2, -0.15) is 0 Å². The lowest BCUT2D eigenvalue weighted by Gasteiger charge is -1.96. The number of esters is 1. The monoisotopic (exact) mass is 181 g/mol. The predicted octanol–water partition coefficient (Wildman–Crippen LogP) is 1.07. The quantitative estimate of drug-likeness (QED) is 0.431. The molecule has 0 saturated heterocycles. The molecule has 1 N–H and O–H groups in total. The summed E-state index contributed by atoms with van der Waals surface area (Å²) in [4.78, 5) is 24.9. The van der Waals surface area contributed by atoms with Crippen LogP contribution in [0.3, 0.4) is 0 Å². The van der Waals surface area contributed by atoms with Crippen LogP contribution in [0.15, 0.2) is 12.1 Å². The molecule has 0 unspecified atom stereocenters. The zero-order valence-electron chi connectivity index (χ0n) is 7.59. The standard InChI is InChI=1S/C9H11NO3/c1-6-3-4-7(10-6)8(11)5-9(12)13-2/h3-4,10H,5H2,1-2H3. The fourth-order valence-electron chi connectivity index (χ4n) is 0.965. The summed E-state index contributed by atoms with van der Waals surface area (Å²) >= 11 is 0. The summed E-state index contributed by atoms with van der Waals surface area (Å²) in [5.41, 5.74) is 1.34. The van der Waals surface area contributed by atoms with Crippen molar-refractivity contribution >= 4 is 11.8 Å². The van der Waals surface area contributed by atoms with Crippen molar-refractivity contribution < 1.29 is 14.3 Å². The van der Waals surface area contributed by atoms with E-state index in [9.17, 15) is 9.59 Å². The molecule has 13 heavy (non-hydrogen) atoms. The number of aryl methyl sites for hydroxylation is 1. The van der Waals surface area contributed by atoms with E-state index in [2.05, 4.69) is 9.72 Å². The fraction of sp³-hybridized carbons (Fsp3) is 0.333.